The number of halogens is 1. The molecule has 0 radical (unpaired) electrons. The molecular formula is C12H18ClNO2S2. The fourth-order valence-corrected chi connectivity index (χ4v) is 4.25. The maximum atomic E-state index is 12.1. The number of rotatable bonds is 8. The summed E-state index contributed by atoms with van der Waals surface area (Å²) in [5, 5.41) is 0. The molecule has 0 fully saturated rings. The van der Waals surface area contributed by atoms with Gasteiger partial charge in [-0.3, -0.25) is 0 Å². The molecule has 1 aromatic heterocycles. The van der Waals surface area contributed by atoms with Gasteiger partial charge >= 0.3 is 0 Å². The first-order valence-corrected chi connectivity index (χ1v) is 8.63. The number of sulfonamides is 1. The number of unbranched alkanes of at least 4 members (excludes halogenated alkanes) is 1. The highest BCUT2D eigenvalue weighted by Gasteiger charge is 2.21. The van der Waals surface area contributed by atoms with Gasteiger partial charge in [0.15, 0.2) is 0 Å². The minimum absolute atomic E-state index is 0.191. The van der Waals surface area contributed by atoms with Crippen molar-refractivity contribution < 1.29 is 8.42 Å². The molecule has 102 valence electrons. The van der Waals surface area contributed by atoms with Crippen molar-refractivity contribution in [3.8, 4) is 0 Å². The lowest BCUT2D eigenvalue weighted by atomic mass is 10.4. The molecule has 1 aromatic rings. The Morgan fingerprint density at radius 1 is 1.50 bits per heavy atom. The second-order valence-corrected chi connectivity index (χ2v) is 7.84. The quantitative estimate of drug-likeness (QED) is 0.689. The number of thiophene rings is 1. The molecule has 1 heterocycles. The van der Waals surface area contributed by atoms with Crippen LogP contribution < -0.4 is 0 Å². The zero-order valence-electron chi connectivity index (χ0n) is 10.4. The average molecular weight is 308 g/mol. The van der Waals surface area contributed by atoms with Crippen molar-refractivity contribution in [1.29, 1.82) is 0 Å². The highest BCUT2D eigenvalue weighted by atomic mass is 35.5. The van der Waals surface area contributed by atoms with Crippen molar-refractivity contribution in [2.45, 2.75) is 26.3 Å². The zero-order valence-corrected chi connectivity index (χ0v) is 12.8. The molecule has 0 atom stereocenters. The molecule has 0 aliphatic carbocycles. The average Bonchev–Trinajstić information content (AvgIpc) is 2.72. The van der Waals surface area contributed by atoms with Gasteiger partial charge in [-0.05, 0) is 18.6 Å². The Kier molecular flexibility index (Phi) is 6.35. The summed E-state index contributed by atoms with van der Waals surface area (Å²) >= 11 is 7.26. The Balaban J connectivity index is 2.78. The molecule has 0 aliphatic heterocycles. The Morgan fingerprint density at radius 3 is 2.72 bits per heavy atom. The van der Waals surface area contributed by atoms with Gasteiger partial charge in [-0.1, -0.05) is 31.0 Å². The molecule has 0 aliphatic rings. The molecule has 18 heavy (non-hydrogen) atoms. The van der Waals surface area contributed by atoms with Gasteiger partial charge < -0.3 is 0 Å². The molecule has 1 rings (SSSR count). The fraction of sp³-hybridized carbons (Fsp3) is 0.500. The first-order chi connectivity index (χ1) is 8.49. The third-order valence-corrected chi connectivity index (χ3v) is 5.53. The molecule has 3 nitrogen and oxygen atoms in total. The van der Waals surface area contributed by atoms with Gasteiger partial charge in [-0.2, -0.15) is 4.31 Å². The van der Waals surface area contributed by atoms with Gasteiger partial charge in [0.2, 0.25) is 10.0 Å². The van der Waals surface area contributed by atoms with Crippen LogP contribution in [0.25, 0.3) is 0 Å². The van der Waals surface area contributed by atoms with Crippen LogP contribution in [-0.4, -0.2) is 25.0 Å². The summed E-state index contributed by atoms with van der Waals surface area (Å²) in [6.45, 7) is 6.30. The van der Waals surface area contributed by atoms with E-state index < -0.39 is 10.0 Å². The van der Waals surface area contributed by atoms with Crippen molar-refractivity contribution in [2.75, 3.05) is 12.3 Å². The van der Waals surface area contributed by atoms with Crippen LogP contribution >= 0.6 is 22.9 Å². The monoisotopic (exact) mass is 307 g/mol. The maximum absolute atomic E-state index is 12.1. The Bertz CT molecular complexity index is 482. The molecule has 0 amide bonds. The van der Waals surface area contributed by atoms with Crippen molar-refractivity contribution in [3.63, 3.8) is 0 Å². The van der Waals surface area contributed by atoms with E-state index in [0.717, 1.165) is 11.3 Å². The first kappa shape index (κ1) is 15.7. The van der Waals surface area contributed by atoms with Gasteiger partial charge in [-0.25, -0.2) is 8.42 Å². The van der Waals surface area contributed by atoms with Crippen LogP contribution in [0.5, 0.6) is 0 Å². The molecule has 0 spiro atoms. The topological polar surface area (TPSA) is 37.4 Å². The Labute approximate surface area is 118 Å². The summed E-state index contributed by atoms with van der Waals surface area (Å²) in [5.74, 6) is 0.191. The smallest absolute Gasteiger partial charge is 0.212 e. The van der Waals surface area contributed by atoms with Crippen molar-refractivity contribution >= 4 is 33.0 Å². The summed E-state index contributed by atoms with van der Waals surface area (Å²) in [5.41, 5.74) is 0. The van der Waals surface area contributed by atoms with Gasteiger partial charge in [0.25, 0.3) is 0 Å². The zero-order chi connectivity index (χ0) is 13.6. The predicted octanol–water partition coefficient (Wildman–Crippen LogP) is 3.52. The second kappa shape index (κ2) is 7.28. The van der Waals surface area contributed by atoms with Crippen LogP contribution in [0, 0.1) is 0 Å². The SMILES string of the molecule is C=CCN(Cc1ccc(Cl)s1)S(=O)(=O)CCCC. The van der Waals surface area contributed by atoms with Gasteiger partial charge in [0.1, 0.15) is 0 Å². The van der Waals surface area contributed by atoms with E-state index in [9.17, 15) is 8.42 Å². The normalized spacial score (nSPS) is 11.9. The summed E-state index contributed by atoms with van der Waals surface area (Å²) in [4.78, 5) is 0.946. The van der Waals surface area contributed by atoms with E-state index in [4.69, 9.17) is 11.6 Å². The van der Waals surface area contributed by atoms with Gasteiger partial charge in [0.05, 0.1) is 10.1 Å². The number of hydrogen-bond acceptors (Lipinski definition) is 3. The van der Waals surface area contributed by atoms with Crippen LogP contribution in [-0.2, 0) is 16.6 Å². The lowest BCUT2D eigenvalue weighted by Crippen LogP contribution is -2.32. The standard InChI is InChI=1S/C12H18ClNO2S2/c1-3-5-9-18(15,16)14(8-4-2)10-11-6-7-12(13)17-11/h4,6-7H,2-3,5,8-10H2,1H3. The molecular weight excluding hydrogens is 290 g/mol. The highest BCUT2D eigenvalue weighted by Crippen LogP contribution is 2.23. The van der Waals surface area contributed by atoms with E-state index in [1.165, 1.54) is 15.6 Å². The molecule has 0 saturated heterocycles. The van der Waals surface area contributed by atoms with E-state index in [0.29, 0.717) is 23.8 Å². The fourth-order valence-electron chi connectivity index (χ4n) is 1.49. The third-order valence-electron chi connectivity index (χ3n) is 2.44. The van der Waals surface area contributed by atoms with Crippen molar-refractivity contribution in [1.82, 2.24) is 4.31 Å². The lowest BCUT2D eigenvalue weighted by molar-refractivity contribution is 0.440. The van der Waals surface area contributed by atoms with Gasteiger partial charge in [-0.15, -0.1) is 17.9 Å². The molecule has 0 N–H and O–H groups in total. The minimum atomic E-state index is -3.21. The lowest BCUT2D eigenvalue weighted by Gasteiger charge is -2.19. The Hall–Kier alpha value is -0.360. The van der Waals surface area contributed by atoms with Crippen LogP contribution in [0.1, 0.15) is 24.6 Å². The summed E-state index contributed by atoms with van der Waals surface area (Å²) < 4.78 is 26.4. The third kappa shape index (κ3) is 4.72. The first-order valence-electron chi connectivity index (χ1n) is 5.82. The molecule has 0 unspecified atom stereocenters. The van der Waals surface area contributed by atoms with Crippen LogP contribution in [0.2, 0.25) is 4.34 Å². The summed E-state index contributed by atoms with van der Waals surface area (Å²) in [6, 6.07) is 3.64. The highest BCUT2D eigenvalue weighted by molar-refractivity contribution is 7.89. The molecule has 0 bridgehead atoms. The van der Waals surface area contributed by atoms with E-state index in [1.54, 1.807) is 12.1 Å². The predicted molar refractivity (Wildman–Crippen MR) is 78.6 cm³/mol. The molecule has 0 saturated carbocycles. The van der Waals surface area contributed by atoms with Crippen LogP contribution in [0.4, 0.5) is 0 Å². The number of hydrogen-bond donors (Lipinski definition) is 0. The van der Waals surface area contributed by atoms with E-state index in [-0.39, 0.29) is 5.75 Å². The summed E-state index contributed by atoms with van der Waals surface area (Å²) in [6.07, 6.45) is 3.16. The largest absolute Gasteiger partial charge is 0.214 e. The minimum Gasteiger partial charge on any atom is -0.212 e. The van der Waals surface area contributed by atoms with Gasteiger partial charge in [0, 0.05) is 18.0 Å². The van der Waals surface area contributed by atoms with E-state index in [1.807, 2.05) is 13.0 Å². The van der Waals surface area contributed by atoms with E-state index in [2.05, 4.69) is 6.58 Å². The number of nitrogens with zero attached hydrogens (tertiary/aromatic N) is 1. The molecule has 0 aromatic carbocycles. The summed E-state index contributed by atoms with van der Waals surface area (Å²) in [7, 11) is -3.21. The Morgan fingerprint density at radius 2 is 2.22 bits per heavy atom. The molecule has 6 heteroatoms. The van der Waals surface area contributed by atoms with E-state index >= 15 is 0 Å². The van der Waals surface area contributed by atoms with Crippen LogP contribution in [0.3, 0.4) is 0 Å². The van der Waals surface area contributed by atoms with Crippen molar-refractivity contribution in [2.24, 2.45) is 0 Å². The second-order valence-electron chi connectivity index (χ2n) is 3.96. The van der Waals surface area contributed by atoms with Crippen LogP contribution in [0.15, 0.2) is 24.8 Å². The van der Waals surface area contributed by atoms with Crippen molar-refractivity contribution in [3.05, 3.63) is 34.0 Å². The maximum Gasteiger partial charge on any atom is 0.214 e.